The molecule has 31 heavy (non-hydrogen) atoms. The van der Waals surface area contributed by atoms with E-state index in [1.165, 1.54) is 24.6 Å². The Morgan fingerprint density at radius 2 is 1.81 bits per heavy atom. The molecule has 2 aliphatic heterocycles. The fraction of sp³-hybridized carbons (Fsp3) is 0.440. The fourth-order valence-corrected chi connectivity index (χ4v) is 5.72. The van der Waals surface area contributed by atoms with Crippen molar-refractivity contribution in [2.45, 2.75) is 50.1 Å². The van der Waals surface area contributed by atoms with Gasteiger partial charge < -0.3 is 14.9 Å². The number of anilines is 1. The van der Waals surface area contributed by atoms with E-state index >= 15 is 0 Å². The summed E-state index contributed by atoms with van der Waals surface area (Å²) in [5, 5.41) is 10.1. The van der Waals surface area contributed by atoms with Crippen LogP contribution in [0.3, 0.4) is 0 Å². The number of hydrogen-bond donors (Lipinski definition) is 1. The summed E-state index contributed by atoms with van der Waals surface area (Å²) < 4.78 is 13.8. The number of aliphatic hydroxyl groups is 1. The minimum Gasteiger partial charge on any atom is -0.394 e. The topological polar surface area (TPSA) is 60.9 Å². The molecule has 0 aromatic heterocycles. The number of rotatable bonds is 3. The molecule has 2 fully saturated rings. The number of para-hydroxylation sites is 1. The van der Waals surface area contributed by atoms with Gasteiger partial charge in [-0.15, -0.1) is 0 Å². The molecule has 2 aromatic carbocycles. The molecule has 1 aliphatic carbocycles. The Bertz CT molecular complexity index is 1000. The van der Waals surface area contributed by atoms with Gasteiger partial charge >= 0.3 is 0 Å². The van der Waals surface area contributed by atoms with E-state index in [1.807, 2.05) is 29.2 Å². The van der Waals surface area contributed by atoms with Gasteiger partial charge in [-0.3, -0.25) is 9.59 Å². The molecule has 1 N–H and O–H groups in total. The summed E-state index contributed by atoms with van der Waals surface area (Å²) in [7, 11) is 0. The predicted octanol–water partition coefficient (Wildman–Crippen LogP) is 3.72. The number of likely N-dealkylation sites (tertiary alicyclic amines) is 1. The Labute approximate surface area is 181 Å². The van der Waals surface area contributed by atoms with Crippen LogP contribution in [-0.2, 0) is 4.79 Å². The third-order valence-electron chi connectivity index (χ3n) is 7.21. The fourth-order valence-electron chi connectivity index (χ4n) is 5.72. The lowest BCUT2D eigenvalue weighted by Gasteiger charge is -2.59. The summed E-state index contributed by atoms with van der Waals surface area (Å²) in [6.07, 6.45) is 5.09. The lowest BCUT2D eigenvalue weighted by Crippen LogP contribution is -2.71. The summed E-state index contributed by atoms with van der Waals surface area (Å²) in [5.74, 6) is -0.605. The van der Waals surface area contributed by atoms with Crippen LogP contribution in [0.2, 0.25) is 0 Å². The number of carbonyl (C=O) groups excluding carboxylic acids is 2. The molecule has 2 aromatic rings. The standard InChI is InChI=1S/C25H27FN2O3/c26-18-10-6-9-17(13-18)24(30)27-14-21-23(19-11-4-5-12-20(19)27)22(15-29)28(21)25(31)16-7-2-1-3-8-16/h4-6,9-13,16,21-23,29H,1-3,7-8,14-15H2/t21-,22-,23+/m1/s1. The first-order valence-corrected chi connectivity index (χ1v) is 11.2. The summed E-state index contributed by atoms with van der Waals surface area (Å²) >= 11 is 0. The Balaban J connectivity index is 1.49. The van der Waals surface area contributed by atoms with Crippen LogP contribution >= 0.6 is 0 Å². The second-order valence-corrected chi connectivity index (χ2v) is 8.91. The summed E-state index contributed by atoms with van der Waals surface area (Å²) in [6.45, 7) is 0.262. The lowest BCUT2D eigenvalue weighted by molar-refractivity contribution is -0.156. The van der Waals surface area contributed by atoms with E-state index in [0.29, 0.717) is 6.54 Å². The molecule has 3 atom stereocenters. The molecular weight excluding hydrogens is 395 g/mol. The van der Waals surface area contributed by atoms with E-state index in [4.69, 9.17) is 0 Å². The second-order valence-electron chi connectivity index (χ2n) is 8.91. The van der Waals surface area contributed by atoms with Crippen molar-refractivity contribution < 1.29 is 19.1 Å². The zero-order chi connectivity index (χ0) is 21.5. The van der Waals surface area contributed by atoms with Gasteiger partial charge in [-0.25, -0.2) is 4.39 Å². The number of nitrogens with zero attached hydrogens (tertiary/aromatic N) is 2. The first-order valence-electron chi connectivity index (χ1n) is 11.2. The van der Waals surface area contributed by atoms with Crippen LogP contribution in [0.5, 0.6) is 0 Å². The van der Waals surface area contributed by atoms with Crippen LogP contribution in [0, 0.1) is 11.7 Å². The molecule has 6 heteroatoms. The van der Waals surface area contributed by atoms with E-state index < -0.39 is 5.82 Å². The minimum absolute atomic E-state index is 0.00491. The van der Waals surface area contributed by atoms with Crippen LogP contribution in [0.15, 0.2) is 48.5 Å². The van der Waals surface area contributed by atoms with Crippen molar-refractivity contribution in [3.05, 3.63) is 65.5 Å². The van der Waals surface area contributed by atoms with Gasteiger partial charge in [0.15, 0.2) is 0 Å². The van der Waals surface area contributed by atoms with Gasteiger partial charge in [-0.05, 0) is 42.7 Å². The highest BCUT2D eigenvalue weighted by molar-refractivity contribution is 6.07. The maximum atomic E-state index is 13.8. The number of carbonyl (C=O) groups is 2. The zero-order valence-corrected chi connectivity index (χ0v) is 17.4. The van der Waals surface area contributed by atoms with Crippen molar-refractivity contribution in [2.24, 2.45) is 5.92 Å². The number of fused-ring (bicyclic) bond motifs is 3. The monoisotopic (exact) mass is 422 g/mol. The number of hydrogen-bond acceptors (Lipinski definition) is 3. The highest BCUT2D eigenvalue weighted by atomic mass is 19.1. The van der Waals surface area contributed by atoms with Crippen molar-refractivity contribution in [1.29, 1.82) is 0 Å². The summed E-state index contributed by atoms with van der Waals surface area (Å²) in [6, 6.07) is 13.0. The zero-order valence-electron chi connectivity index (χ0n) is 17.4. The maximum Gasteiger partial charge on any atom is 0.258 e. The Morgan fingerprint density at radius 3 is 2.55 bits per heavy atom. The summed E-state index contributed by atoms with van der Waals surface area (Å²) in [5.41, 5.74) is 2.04. The molecule has 5 rings (SSSR count). The minimum atomic E-state index is -0.452. The van der Waals surface area contributed by atoms with Crippen LogP contribution in [0.1, 0.15) is 53.9 Å². The molecule has 0 spiro atoms. The maximum absolute atomic E-state index is 13.8. The SMILES string of the molecule is O=C(c1cccc(F)c1)N1C[C@@H]2[C@H](c3ccccc31)[C@@H](CO)N2C(=O)C1CCCCC1. The molecular formula is C25H27FN2O3. The van der Waals surface area contributed by atoms with Crippen molar-refractivity contribution in [3.63, 3.8) is 0 Å². The highest BCUT2D eigenvalue weighted by Crippen LogP contribution is 2.49. The molecule has 3 aliphatic rings. The number of amides is 2. The molecule has 0 bridgehead atoms. The van der Waals surface area contributed by atoms with Gasteiger partial charge in [-0.2, -0.15) is 0 Å². The van der Waals surface area contributed by atoms with Gasteiger partial charge in [-0.1, -0.05) is 43.5 Å². The molecule has 0 radical (unpaired) electrons. The average Bonchev–Trinajstić information content (AvgIpc) is 2.79. The molecule has 0 unspecified atom stereocenters. The van der Waals surface area contributed by atoms with Gasteiger partial charge in [0, 0.05) is 29.6 Å². The van der Waals surface area contributed by atoms with Crippen LogP contribution in [-0.4, -0.2) is 47.1 Å². The largest absolute Gasteiger partial charge is 0.394 e. The summed E-state index contributed by atoms with van der Waals surface area (Å²) in [4.78, 5) is 30.2. The number of halogens is 1. The molecule has 2 amide bonds. The van der Waals surface area contributed by atoms with E-state index in [-0.39, 0.29) is 47.9 Å². The van der Waals surface area contributed by atoms with Crippen molar-refractivity contribution in [3.8, 4) is 0 Å². The molecule has 162 valence electrons. The second kappa shape index (κ2) is 8.08. The average molecular weight is 423 g/mol. The molecule has 2 heterocycles. The van der Waals surface area contributed by atoms with Gasteiger partial charge in [0.2, 0.25) is 5.91 Å². The number of aliphatic hydroxyl groups excluding tert-OH is 1. The van der Waals surface area contributed by atoms with E-state index in [0.717, 1.165) is 36.9 Å². The van der Waals surface area contributed by atoms with Crippen molar-refractivity contribution in [1.82, 2.24) is 4.90 Å². The first kappa shape index (κ1) is 20.2. The van der Waals surface area contributed by atoms with Gasteiger partial charge in [0.25, 0.3) is 5.91 Å². The first-order chi connectivity index (χ1) is 15.1. The molecule has 1 saturated carbocycles. The molecule has 1 saturated heterocycles. The smallest absolute Gasteiger partial charge is 0.258 e. The van der Waals surface area contributed by atoms with Crippen LogP contribution in [0.25, 0.3) is 0 Å². The Hall–Kier alpha value is -2.73. The normalized spacial score (nSPS) is 25.4. The Morgan fingerprint density at radius 1 is 1.03 bits per heavy atom. The predicted molar refractivity (Wildman–Crippen MR) is 115 cm³/mol. The van der Waals surface area contributed by atoms with E-state index in [2.05, 4.69) is 0 Å². The van der Waals surface area contributed by atoms with Crippen molar-refractivity contribution >= 4 is 17.5 Å². The van der Waals surface area contributed by atoms with E-state index in [9.17, 15) is 19.1 Å². The van der Waals surface area contributed by atoms with Crippen molar-refractivity contribution in [2.75, 3.05) is 18.1 Å². The van der Waals surface area contributed by atoms with Crippen LogP contribution in [0.4, 0.5) is 10.1 Å². The third kappa shape index (κ3) is 3.33. The van der Waals surface area contributed by atoms with E-state index in [1.54, 1.807) is 11.0 Å². The highest BCUT2D eigenvalue weighted by Gasteiger charge is 2.56. The Kier molecular flexibility index (Phi) is 5.26. The van der Waals surface area contributed by atoms with Gasteiger partial charge in [0.05, 0.1) is 18.7 Å². The van der Waals surface area contributed by atoms with Crippen LogP contribution < -0.4 is 4.90 Å². The molecule has 5 nitrogen and oxygen atoms in total. The van der Waals surface area contributed by atoms with Gasteiger partial charge in [0.1, 0.15) is 5.82 Å². The lowest BCUT2D eigenvalue weighted by atomic mass is 9.70. The number of benzene rings is 2. The third-order valence-corrected chi connectivity index (χ3v) is 7.21. The quantitative estimate of drug-likeness (QED) is 0.820.